The minimum absolute atomic E-state index is 0.0518. The van der Waals surface area contributed by atoms with Crippen molar-refractivity contribution in [3.05, 3.63) is 65.3 Å². The molecule has 0 radical (unpaired) electrons. The highest BCUT2D eigenvalue weighted by atomic mass is 19.4. The van der Waals surface area contributed by atoms with Crippen molar-refractivity contribution in [2.75, 3.05) is 6.54 Å². The number of halogens is 3. The molecule has 0 N–H and O–H groups in total. The largest absolute Gasteiger partial charge is 0.461 e. The van der Waals surface area contributed by atoms with Gasteiger partial charge in [0.15, 0.2) is 5.76 Å². The number of hydrogen-bond donors (Lipinski definition) is 0. The van der Waals surface area contributed by atoms with Crippen LogP contribution in [0.1, 0.15) is 27.4 Å². The Kier molecular flexibility index (Phi) is 4.29. The fraction of sp³-hybridized carbons (Fsp3) is 0.211. The topological polar surface area (TPSA) is 76.6 Å². The van der Waals surface area contributed by atoms with Gasteiger partial charge in [0, 0.05) is 24.1 Å². The summed E-state index contributed by atoms with van der Waals surface area (Å²) in [5.41, 5.74) is 0.595. The molecule has 4 rings (SSSR count). The number of ketones is 1. The van der Waals surface area contributed by atoms with E-state index in [0.29, 0.717) is 29.0 Å². The second-order valence-electron chi connectivity index (χ2n) is 6.29. The molecular formula is C19H13F3N2O4. The molecule has 0 saturated heterocycles. The number of Topliss-reactive ketones (excluding diaryl/α,β-unsaturated/α-hetero) is 1. The van der Waals surface area contributed by atoms with E-state index in [4.69, 9.17) is 8.94 Å². The first kappa shape index (κ1) is 18.0. The third kappa shape index (κ3) is 3.19. The lowest BCUT2D eigenvalue weighted by Gasteiger charge is -2.25. The van der Waals surface area contributed by atoms with Crippen LogP contribution in [-0.2, 0) is 23.9 Å². The monoisotopic (exact) mass is 390 g/mol. The zero-order chi connectivity index (χ0) is 19.9. The molecule has 0 atom stereocenters. The van der Waals surface area contributed by atoms with Crippen molar-refractivity contribution < 1.29 is 31.7 Å². The molecule has 6 nitrogen and oxygen atoms in total. The molecule has 0 unspecified atom stereocenters. The number of nitrogens with zero attached hydrogens (tertiary/aromatic N) is 2. The third-order valence-corrected chi connectivity index (χ3v) is 4.54. The van der Waals surface area contributed by atoms with E-state index >= 15 is 0 Å². The predicted molar refractivity (Wildman–Crippen MR) is 89.1 cm³/mol. The van der Waals surface area contributed by atoms with Crippen LogP contribution < -0.4 is 0 Å². The molecule has 0 bridgehead atoms. The molecule has 0 fully saturated rings. The summed E-state index contributed by atoms with van der Waals surface area (Å²) < 4.78 is 48.5. The van der Waals surface area contributed by atoms with Gasteiger partial charge >= 0.3 is 6.18 Å². The Morgan fingerprint density at radius 2 is 1.86 bits per heavy atom. The molecule has 1 aliphatic heterocycles. The number of carbonyl (C=O) groups excluding carboxylic acids is 2. The van der Waals surface area contributed by atoms with E-state index < -0.39 is 23.4 Å². The summed E-state index contributed by atoms with van der Waals surface area (Å²) in [6, 6.07) is 7.44. The number of aromatic nitrogens is 1. The van der Waals surface area contributed by atoms with Crippen molar-refractivity contribution in [3.8, 4) is 11.3 Å². The fourth-order valence-corrected chi connectivity index (χ4v) is 3.08. The molecule has 3 heterocycles. The predicted octanol–water partition coefficient (Wildman–Crippen LogP) is 3.72. The van der Waals surface area contributed by atoms with Gasteiger partial charge < -0.3 is 13.8 Å². The van der Waals surface area contributed by atoms with Crippen molar-refractivity contribution in [2.45, 2.75) is 19.1 Å². The minimum atomic E-state index is -4.43. The average molecular weight is 390 g/mol. The van der Waals surface area contributed by atoms with Gasteiger partial charge in [-0.15, -0.1) is 0 Å². The smallest absolute Gasteiger partial charge is 0.416 e. The molecule has 9 heteroatoms. The van der Waals surface area contributed by atoms with Crippen LogP contribution in [-0.4, -0.2) is 28.3 Å². The first-order valence-electron chi connectivity index (χ1n) is 8.37. The summed E-state index contributed by atoms with van der Waals surface area (Å²) in [7, 11) is 0. The molecule has 1 aromatic carbocycles. The number of hydrogen-bond acceptors (Lipinski definition) is 5. The third-order valence-electron chi connectivity index (χ3n) is 4.54. The maximum atomic E-state index is 12.7. The Labute approximate surface area is 156 Å². The van der Waals surface area contributed by atoms with E-state index in [1.165, 1.54) is 35.4 Å². The Bertz CT molecular complexity index is 1020. The highest BCUT2D eigenvalue weighted by Gasteiger charge is 2.33. The summed E-state index contributed by atoms with van der Waals surface area (Å²) in [4.78, 5) is 26.0. The molecule has 0 aliphatic carbocycles. The van der Waals surface area contributed by atoms with Crippen molar-refractivity contribution >= 4 is 11.7 Å². The van der Waals surface area contributed by atoms with Gasteiger partial charge in [0.25, 0.3) is 11.7 Å². The first-order valence-corrected chi connectivity index (χ1v) is 8.37. The lowest BCUT2D eigenvalue weighted by atomic mass is 10.00. The number of rotatable bonds is 3. The zero-order valence-corrected chi connectivity index (χ0v) is 14.3. The van der Waals surface area contributed by atoms with Gasteiger partial charge in [0.2, 0.25) is 0 Å². The number of amides is 1. The van der Waals surface area contributed by atoms with Crippen LogP contribution in [0, 0.1) is 0 Å². The Morgan fingerprint density at radius 3 is 2.50 bits per heavy atom. The maximum absolute atomic E-state index is 12.7. The Balaban J connectivity index is 1.58. The summed E-state index contributed by atoms with van der Waals surface area (Å²) >= 11 is 0. The zero-order valence-electron chi connectivity index (χ0n) is 14.3. The lowest BCUT2D eigenvalue weighted by molar-refractivity contribution is -0.137. The summed E-state index contributed by atoms with van der Waals surface area (Å²) in [5, 5.41) is 3.95. The van der Waals surface area contributed by atoms with E-state index in [1.54, 1.807) is 0 Å². The van der Waals surface area contributed by atoms with Crippen LogP contribution >= 0.6 is 0 Å². The lowest BCUT2D eigenvalue weighted by Crippen LogP contribution is -2.39. The molecule has 3 aromatic rings. The molecular weight excluding hydrogens is 377 g/mol. The van der Waals surface area contributed by atoms with E-state index in [2.05, 4.69) is 5.16 Å². The van der Waals surface area contributed by atoms with Gasteiger partial charge in [0.1, 0.15) is 11.5 Å². The number of alkyl halides is 3. The molecule has 0 spiro atoms. The molecule has 2 aromatic heterocycles. The number of furan rings is 1. The van der Waals surface area contributed by atoms with Gasteiger partial charge in [-0.3, -0.25) is 9.59 Å². The Morgan fingerprint density at radius 1 is 1.11 bits per heavy atom. The summed E-state index contributed by atoms with van der Waals surface area (Å²) in [6.45, 7) is 0.334. The van der Waals surface area contributed by atoms with Gasteiger partial charge in [-0.25, -0.2) is 0 Å². The summed E-state index contributed by atoms with van der Waals surface area (Å²) in [5.74, 6) is -0.991. The van der Waals surface area contributed by atoms with Gasteiger partial charge in [-0.2, -0.15) is 13.2 Å². The number of carbonyl (C=O) groups is 2. The normalized spacial score (nSPS) is 14.0. The number of benzene rings is 1. The second-order valence-corrected chi connectivity index (χ2v) is 6.29. The Hall–Kier alpha value is -3.36. The van der Waals surface area contributed by atoms with E-state index in [0.717, 1.165) is 12.1 Å². The van der Waals surface area contributed by atoms with Crippen LogP contribution in [0.25, 0.3) is 11.3 Å². The molecule has 1 aliphatic rings. The van der Waals surface area contributed by atoms with Crippen LogP contribution in [0.2, 0.25) is 0 Å². The van der Waals surface area contributed by atoms with Crippen LogP contribution in [0.15, 0.2) is 51.6 Å². The SMILES string of the molecule is O=C(C(=O)N1CCc2onc(-c3ccc(C(F)(F)F)cc3)c2C1)c1ccco1. The standard InChI is InChI=1S/C19H13F3N2O4/c20-19(21,22)12-5-3-11(4-6-12)16-13-10-24(8-7-14(13)28-23-16)18(26)17(25)15-2-1-9-27-15/h1-6,9H,7-8,10H2. The molecule has 144 valence electrons. The van der Waals surface area contributed by atoms with Gasteiger partial charge in [0.05, 0.1) is 18.4 Å². The van der Waals surface area contributed by atoms with Crippen LogP contribution in [0.5, 0.6) is 0 Å². The minimum Gasteiger partial charge on any atom is -0.461 e. The van der Waals surface area contributed by atoms with E-state index in [-0.39, 0.29) is 18.8 Å². The maximum Gasteiger partial charge on any atom is 0.416 e. The summed E-state index contributed by atoms with van der Waals surface area (Å²) in [6.07, 6.45) is -2.78. The highest BCUT2D eigenvalue weighted by Crippen LogP contribution is 2.33. The van der Waals surface area contributed by atoms with Crippen LogP contribution in [0.3, 0.4) is 0 Å². The van der Waals surface area contributed by atoms with Gasteiger partial charge in [-0.05, 0) is 24.3 Å². The van der Waals surface area contributed by atoms with Crippen molar-refractivity contribution in [2.24, 2.45) is 0 Å². The van der Waals surface area contributed by atoms with E-state index in [1.807, 2.05) is 0 Å². The number of fused-ring (bicyclic) bond motifs is 1. The van der Waals surface area contributed by atoms with Gasteiger partial charge in [-0.1, -0.05) is 17.3 Å². The quantitative estimate of drug-likeness (QED) is 0.503. The highest BCUT2D eigenvalue weighted by molar-refractivity contribution is 6.41. The van der Waals surface area contributed by atoms with Crippen molar-refractivity contribution in [1.29, 1.82) is 0 Å². The fourth-order valence-electron chi connectivity index (χ4n) is 3.08. The average Bonchev–Trinajstić information content (AvgIpc) is 3.35. The van der Waals surface area contributed by atoms with Crippen molar-refractivity contribution in [3.63, 3.8) is 0 Å². The second kappa shape index (κ2) is 6.66. The van der Waals surface area contributed by atoms with E-state index in [9.17, 15) is 22.8 Å². The van der Waals surface area contributed by atoms with Crippen molar-refractivity contribution in [1.82, 2.24) is 10.1 Å². The molecule has 1 amide bonds. The molecule has 0 saturated carbocycles. The molecule has 28 heavy (non-hydrogen) atoms. The van der Waals surface area contributed by atoms with Crippen LogP contribution in [0.4, 0.5) is 13.2 Å². The first-order chi connectivity index (χ1) is 13.3.